The van der Waals surface area contributed by atoms with Crippen LogP contribution in [-0.4, -0.2) is 78.0 Å². The van der Waals surface area contributed by atoms with Crippen LogP contribution in [0.3, 0.4) is 0 Å². The van der Waals surface area contributed by atoms with Crippen molar-refractivity contribution < 1.29 is 48.1 Å². The lowest BCUT2D eigenvalue weighted by atomic mass is 10.0. The molecule has 0 aliphatic heterocycles. The van der Waals surface area contributed by atoms with Crippen molar-refractivity contribution in [2.24, 2.45) is 5.73 Å². The van der Waals surface area contributed by atoms with E-state index in [2.05, 4.69) is 11.7 Å². The van der Waals surface area contributed by atoms with Crippen LogP contribution < -0.4 is 15.4 Å². The first-order valence-corrected chi connectivity index (χ1v) is 18.8. The zero-order valence-corrected chi connectivity index (χ0v) is 31.8. The number of esters is 1. The third-order valence-corrected chi connectivity index (χ3v) is 8.52. The van der Waals surface area contributed by atoms with Gasteiger partial charge in [0.05, 0.1) is 22.7 Å². The minimum absolute atomic E-state index is 0.0371. The van der Waals surface area contributed by atoms with Gasteiger partial charge in [0.1, 0.15) is 35.7 Å². The van der Waals surface area contributed by atoms with Crippen molar-refractivity contribution in [1.82, 2.24) is 0 Å². The zero-order valence-electron chi connectivity index (χ0n) is 28.6. The highest BCUT2D eigenvalue weighted by Crippen LogP contribution is 2.36. The summed E-state index contributed by atoms with van der Waals surface area (Å²) in [7, 11) is -1.97. The lowest BCUT2D eigenvalue weighted by Crippen LogP contribution is -2.35. The van der Waals surface area contributed by atoms with Gasteiger partial charge in [-0.1, -0.05) is 48.3 Å². The van der Waals surface area contributed by atoms with Crippen molar-refractivity contribution in [2.45, 2.75) is 39.7 Å². The molecule has 18 heteroatoms. The predicted octanol–water partition coefficient (Wildman–Crippen LogP) is 7.29. The Kier molecular flexibility index (Phi) is 19.7. The number of hydrogen-bond donors (Lipinski definition) is 3. The Balaban J connectivity index is 0.000000405. The van der Waals surface area contributed by atoms with Crippen LogP contribution in [0.25, 0.3) is 0 Å². The van der Waals surface area contributed by atoms with Crippen LogP contribution in [-0.2, 0) is 30.0 Å². The second-order valence-corrected chi connectivity index (χ2v) is 14.3. The molecule has 0 radical (unpaired) electrons. The Bertz CT molecular complexity index is 1710. The number of para-hydroxylation sites is 1. The first-order valence-electron chi connectivity index (χ1n) is 15.2. The summed E-state index contributed by atoms with van der Waals surface area (Å²) in [6, 6.07) is 13.3. The molecule has 0 fully saturated rings. The molecule has 0 aliphatic rings. The van der Waals surface area contributed by atoms with Crippen molar-refractivity contribution in [3.8, 4) is 11.5 Å². The highest BCUT2D eigenvalue weighted by molar-refractivity contribution is 7.57. The topological polar surface area (TPSA) is 209 Å². The molecule has 3 aromatic rings. The third-order valence-electron chi connectivity index (χ3n) is 6.68. The molecule has 2 atom stereocenters. The van der Waals surface area contributed by atoms with Gasteiger partial charge in [0, 0.05) is 36.6 Å². The van der Waals surface area contributed by atoms with E-state index in [1.165, 1.54) is 24.9 Å². The number of carbonyl (C=O) groups is 3. The average Bonchev–Trinajstić information content (AvgIpc) is 3.08. The van der Waals surface area contributed by atoms with E-state index in [9.17, 15) is 29.1 Å². The van der Waals surface area contributed by atoms with Gasteiger partial charge in [0.25, 0.3) is 5.69 Å². The number of carboxylic acids is 1. The number of nitrogens with two attached hydrogens (primary N) is 1. The lowest BCUT2D eigenvalue weighted by molar-refractivity contribution is -0.385. The van der Waals surface area contributed by atoms with Crippen molar-refractivity contribution in [1.29, 1.82) is 0 Å². The van der Waals surface area contributed by atoms with Crippen LogP contribution in [0.4, 0.5) is 11.4 Å². The molecule has 0 bridgehead atoms. The zero-order chi connectivity index (χ0) is 38.9. The van der Waals surface area contributed by atoms with Gasteiger partial charge < -0.3 is 29.9 Å². The number of methoxy groups -OCH3 is 1. The monoisotopic (exact) mass is 791 g/mol. The maximum absolute atomic E-state index is 12.0. The highest BCUT2D eigenvalue weighted by atomic mass is 35.5. The highest BCUT2D eigenvalue weighted by Gasteiger charge is 2.23. The number of rotatable bonds is 14. The minimum Gasteiger partial charge on any atom is -0.480 e. The molecule has 280 valence electrons. The molecule has 14 nitrogen and oxygen atoms in total. The number of carbonyl (C=O) groups excluding carboxylic acids is 2. The molecule has 0 aliphatic carbocycles. The molecule has 4 N–H and O–H groups in total. The molecule has 0 spiro atoms. The molecular formula is C33H41Cl3N3O11P. The summed E-state index contributed by atoms with van der Waals surface area (Å²) in [5.74, 6) is -1.64. The Hall–Kier alpha value is -3.75. The van der Waals surface area contributed by atoms with Crippen LogP contribution >= 0.6 is 42.2 Å². The van der Waals surface area contributed by atoms with Gasteiger partial charge in [-0.2, -0.15) is 0 Å². The number of alkyl halides is 1. The summed E-state index contributed by atoms with van der Waals surface area (Å²) < 4.78 is 26.1. The number of nitro benzene ring substituents is 1. The third kappa shape index (κ3) is 15.6. The van der Waals surface area contributed by atoms with Crippen molar-refractivity contribution in [2.75, 3.05) is 44.1 Å². The van der Waals surface area contributed by atoms with Crippen LogP contribution in [0.1, 0.15) is 41.8 Å². The van der Waals surface area contributed by atoms with Crippen molar-refractivity contribution >= 4 is 71.4 Å². The first-order chi connectivity index (χ1) is 23.9. The van der Waals surface area contributed by atoms with E-state index < -0.39 is 30.3 Å². The van der Waals surface area contributed by atoms with E-state index in [0.29, 0.717) is 17.4 Å². The second kappa shape index (κ2) is 22.2. The van der Waals surface area contributed by atoms with E-state index in [1.807, 2.05) is 32.0 Å². The number of nitro groups is 1. The predicted molar refractivity (Wildman–Crippen MR) is 197 cm³/mol. The Morgan fingerprint density at radius 1 is 1.10 bits per heavy atom. The standard InChI is InChI=1S/C14H9Cl2NO5.C14H20ClNO2.C5H12NO4P/c1-21-14(18)10-7-9(3-4-12(10)17(19)20)22-13-5-2-8(15)6-11(13)16;1-4-12-8-6-7-11(3)14(12)16(10-18-5-2)13(17)9-15;1-11(9,10)3-2-4(6)5(7)8/h2-7H,1H3;6-8H,4-5,9-10H2,1-3H3;4H,2-3,6H2,1H3,(H,7,8)(H,9,10). The van der Waals surface area contributed by atoms with Gasteiger partial charge in [-0.15, -0.1) is 11.6 Å². The van der Waals surface area contributed by atoms with Crippen LogP contribution in [0.2, 0.25) is 10.0 Å². The van der Waals surface area contributed by atoms with Crippen LogP contribution in [0.5, 0.6) is 11.5 Å². The van der Waals surface area contributed by atoms with Crippen LogP contribution in [0, 0.1) is 17.0 Å². The molecule has 0 saturated heterocycles. The summed E-state index contributed by atoms with van der Waals surface area (Å²) in [6.07, 6.45) is 0.870. The minimum atomic E-state index is -3.10. The average molecular weight is 793 g/mol. The number of amides is 1. The van der Waals surface area contributed by atoms with E-state index in [0.717, 1.165) is 36.4 Å². The summed E-state index contributed by atoms with van der Waals surface area (Å²) in [4.78, 5) is 54.3. The van der Waals surface area contributed by atoms with E-state index >= 15 is 0 Å². The fourth-order valence-corrected chi connectivity index (χ4v) is 5.45. The normalized spacial score (nSPS) is 12.1. The lowest BCUT2D eigenvalue weighted by Gasteiger charge is -2.25. The van der Waals surface area contributed by atoms with Gasteiger partial charge in [0.2, 0.25) is 5.91 Å². The molecule has 3 rings (SSSR count). The molecular weight excluding hydrogens is 752 g/mol. The summed E-state index contributed by atoms with van der Waals surface area (Å²) in [6.45, 7) is 7.97. The molecule has 0 aromatic heterocycles. The number of ether oxygens (including phenoxy) is 3. The number of anilines is 1. The van der Waals surface area contributed by atoms with E-state index in [4.69, 9.17) is 60.0 Å². The van der Waals surface area contributed by atoms with Gasteiger partial charge in [-0.25, -0.2) is 4.79 Å². The number of aliphatic carboxylic acids is 1. The SMILES string of the molecule is CCOCN(C(=O)CCl)c1c(C)cccc1CC.COC(=O)c1cc(Oc2ccc(Cl)cc2Cl)ccc1[N+](=O)[O-].CP(=O)(O)CCC(N)C(=O)O. The smallest absolute Gasteiger partial charge is 0.345 e. The largest absolute Gasteiger partial charge is 0.480 e. The number of halogens is 3. The fraction of sp³-hybridized carbons (Fsp3) is 0.364. The number of aryl methyl sites for hydroxylation is 2. The summed E-state index contributed by atoms with van der Waals surface area (Å²) in [5, 5.41) is 19.9. The molecule has 0 heterocycles. The Morgan fingerprint density at radius 3 is 2.27 bits per heavy atom. The van der Waals surface area contributed by atoms with E-state index in [-0.39, 0.29) is 53.1 Å². The van der Waals surface area contributed by atoms with Gasteiger partial charge in [0.15, 0.2) is 7.37 Å². The van der Waals surface area contributed by atoms with Gasteiger partial charge in [-0.05, 0) is 62.1 Å². The summed E-state index contributed by atoms with van der Waals surface area (Å²) in [5.41, 5.74) is 7.63. The number of carboxylic acid groups (broad SMARTS) is 1. The van der Waals surface area contributed by atoms with Gasteiger partial charge >= 0.3 is 11.9 Å². The quantitative estimate of drug-likeness (QED) is 0.0367. The number of benzene rings is 3. The Labute approximate surface area is 310 Å². The number of hydrogen-bond acceptors (Lipinski definition) is 10. The second-order valence-electron chi connectivity index (χ2n) is 10.6. The van der Waals surface area contributed by atoms with Crippen LogP contribution in [0.15, 0.2) is 54.6 Å². The Morgan fingerprint density at radius 2 is 1.76 bits per heavy atom. The first kappa shape index (κ1) is 45.3. The molecule has 0 saturated carbocycles. The van der Waals surface area contributed by atoms with Crippen molar-refractivity contribution in [3.05, 3.63) is 91.4 Å². The fourth-order valence-electron chi connectivity index (χ4n) is 4.11. The summed E-state index contributed by atoms with van der Waals surface area (Å²) >= 11 is 17.4. The molecule has 2 unspecified atom stereocenters. The van der Waals surface area contributed by atoms with E-state index in [1.54, 1.807) is 17.0 Å². The molecule has 1 amide bonds. The molecule has 51 heavy (non-hydrogen) atoms. The maximum atomic E-state index is 12.0. The van der Waals surface area contributed by atoms with Gasteiger partial charge in [-0.3, -0.25) is 29.2 Å². The number of nitrogens with zero attached hydrogens (tertiary/aromatic N) is 2. The maximum Gasteiger partial charge on any atom is 0.345 e. The van der Waals surface area contributed by atoms with Crippen molar-refractivity contribution in [3.63, 3.8) is 0 Å². The molecule has 3 aromatic carbocycles.